The van der Waals surface area contributed by atoms with Crippen molar-refractivity contribution < 1.29 is 41.7 Å². The molecule has 0 saturated carbocycles. The number of aliphatic carboxylic acids is 1. The van der Waals surface area contributed by atoms with Crippen LogP contribution in [0.2, 0.25) is 0 Å². The molecule has 0 aliphatic carbocycles. The summed E-state index contributed by atoms with van der Waals surface area (Å²) < 4.78 is 73.2. The van der Waals surface area contributed by atoms with Crippen LogP contribution in [0.25, 0.3) is 11.1 Å². The fraction of sp³-hybridized carbons (Fsp3) is 0.293. The average Bonchev–Trinajstić information content (AvgIpc) is 3.15. The second-order valence-corrected chi connectivity index (χ2v) is 12.8. The number of rotatable bonds is 17. The van der Waals surface area contributed by atoms with Crippen molar-refractivity contribution in [1.82, 2.24) is 9.97 Å². The van der Waals surface area contributed by atoms with Crippen molar-refractivity contribution in [3.8, 4) is 28.4 Å². The summed E-state index contributed by atoms with van der Waals surface area (Å²) in [5.41, 5.74) is 3.55. The molecule has 0 radical (unpaired) electrons. The first-order valence-corrected chi connectivity index (χ1v) is 17.1. The maximum absolute atomic E-state index is 13.9. The van der Waals surface area contributed by atoms with Crippen molar-refractivity contribution in [3.63, 3.8) is 0 Å². The number of ether oxygens (including phenoxy) is 3. The van der Waals surface area contributed by atoms with Gasteiger partial charge in [0.25, 0.3) is 0 Å². The van der Waals surface area contributed by atoms with Crippen LogP contribution in [0.3, 0.4) is 0 Å². The molecule has 12 heteroatoms. The summed E-state index contributed by atoms with van der Waals surface area (Å²) in [5.74, 6) is 0.944. The molecule has 0 fully saturated rings. The van der Waals surface area contributed by atoms with Gasteiger partial charge in [0, 0.05) is 25.1 Å². The maximum atomic E-state index is 13.9. The molecular formula is C41H41F4N3O5. The number of methoxy groups -OCH3 is 1. The second kappa shape index (κ2) is 17.7. The van der Waals surface area contributed by atoms with Gasteiger partial charge in [0.2, 0.25) is 5.95 Å². The van der Waals surface area contributed by atoms with Crippen LogP contribution in [0, 0.1) is 0 Å². The number of nitrogens with zero attached hydrogens (tertiary/aromatic N) is 3. The number of carboxylic acids is 1. The van der Waals surface area contributed by atoms with Gasteiger partial charge in [-0.05, 0) is 82.1 Å². The quantitative estimate of drug-likeness (QED) is 0.0747. The largest absolute Gasteiger partial charge is 0.496 e. The third-order valence-electron chi connectivity index (χ3n) is 8.48. The van der Waals surface area contributed by atoms with E-state index in [9.17, 15) is 22.4 Å². The lowest BCUT2D eigenvalue weighted by atomic mass is 9.93. The minimum absolute atomic E-state index is 0.0636. The van der Waals surface area contributed by atoms with E-state index in [-0.39, 0.29) is 55.5 Å². The molecule has 0 bridgehead atoms. The van der Waals surface area contributed by atoms with Gasteiger partial charge in [-0.1, -0.05) is 62.4 Å². The minimum atomic E-state index is -4.68. The number of benzene rings is 4. The summed E-state index contributed by atoms with van der Waals surface area (Å²) in [6.07, 6.45) is -1.62. The molecule has 0 atom stereocenters. The molecule has 53 heavy (non-hydrogen) atoms. The second-order valence-electron chi connectivity index (χ2n) is 12.8. The lowest BCUT2D eigenvalue weighted by Crippen LogP contribution is -2.25. The number of anilines is 1. The van der Waals surface area contributed by atoms with Crippen LogP contribution in [-0.2, 0) is 37.3 Å². The molecule has 4 aromatic carbocycles. The highest BCUT2D eigenvalue weighted by atomic mass is 19.4. The van der Waals surface area contributed by atoms with Crippen LogP contribution in [0.4, 0.5) is 23.5 Å². The van der Waals surface area contributed by atoms with Crippen LogP contribution >= 0.6 is 0 Å². The van der Waals surface area contributed by atoms with Gasteiger partial charge in [0.15, 0.2) is 5.75 Å². The predicted molar refractivity (Wildman–Crippen MR) is 194 cm³/mol. The average molecular weight is 732 g/mol. The van der Waals surface area contributed by atoms with E-state index in [1.54, 1.807) is 12.0 Å². The molecule has 1 aromatic heterocycles. The Bertz CT molecular complexity index is 1970. The molecule has 1 N–H and O–H groups in total. The molecule has 0 aliphatic heterocycles. The Kier molecular flexibility index (Phi) is 12.9. The van der Waals surface area contributed by atoms with Crippen molar-refractivity contribution in [3.05, 3.63) is 131 Å². The monoisotopic (exact) mass is 731 g/mol. The molecule has 0 amide bonds. The van der Waals surface area contributed by atoms with Crippen LogP contribution in [0.5, 0.6) is 17.2 Å². The van der Waals surface area contributed by atoms with E-state index < -0.39 is 24.4 Å². The Morgan fingerprint density at radius 3 is 2.23 bits per heavy atom. The Morgan fingerprint density at radius 2 is 1.57 bits per heavy atom. The number of carbonyl (C=O) groups is 1. The highest BCUT2D eigenvalue weighted by Crippen LogP contribution is 2.38. The van der Waals surface area contributed by atoms with E-state index >= 15 is 0 Å². The summed E-state index contributed by atoms with van der Waals surface area (Å²) in [5, 5.41) is 8.92. The summed E-state index contributed by atoms with van der Waals surface area (Å²) in [4.78, 5) is 21.6. The Hall–Kier alpha value is -5.65. The van der Waals surface area contributed by atoms with Crippen molar-refractivity contribution in [1.29, 1.82) is 0 Å². The van der Waals surface area contributed by atoms with E-state index in [0.29, 0.717) is 23.9 Å². The zero-order chi connectivity index (χ0) is 38.0. The Morgan fingerprint density at radius 1 is 0.830 bits per heavy atom. The number of hydrogen-bond donors (Lipinski definition) is 1. The summed E-state index contributed by atoms with van der Waals surface area (Å²) >= 11 is 0. The van der Waals surface area contributed by atoms with Gasteiger partial charge in [-0.2, -0.15) is 13.2 Å². The molecule has 0 aliphatic rings. The van der Waals surface area contributed by atoms with E-state index in [1.807, 2.05) is 60.7 Å². The van der Waals surface area contributed by atoms with Crippen molar-refractivity contribution >= 4 is 11.9 Å². The number of hydrogen-bond acceptors (Lipinski definition) is 7. The van der Waals surface area contributed by atoms with Gasteiger partial charge in [0.1, 0.15) is 24.8 Å². The fourth-order valence-corrected chi connectivity index (χ4v) is 5.77. The van der Waals surface area contributed by atoms with Crippen LogP contribution in [-0.4, -0.2) is 34.8 Å². The summed E-state index contributed by atoms with van der Waals surface area (Å²) in [6, 6.07) is 24.5. The zero-order valence-electron chi connectivity index (χ0n) is 29.7. The topological polar surface area (TPSA) is 94.0 Å². The SMILES string of the molecule is COc1ccc(C(C)C)cc1-c1ccc(OCc2ccccc2)cc1CN(Cc1cc(CF)cc(C(F)(F)F)c1)c1ncc(OCCCC(=O)O)cn1. The van der Waals surface area contributed by atoms with Gasteiger partial charge in [-0.3, -0.25) is 4.79 Å². The third-order valence-corrected chi connectivity index (χ3v) is 8.48. The molecule has 5 rings (SSSR count). The number of alkyl halides is 4. The molecular weight excluding hydrogens is 690 g/mol. The molecule has 5 aromatic rings. The first kappa shape index (κ1) is 38.6. The van der Waals surface area contributed by atoms with E-state index in [4.69, 9.17) is 19.3 Å². The smallest absolute Gasteiger partial charge is 0.416 e. The molecule has 278 valence electrons. The Labute approximate surface area is 306 Å². The first-order valence-electron chi connectivity index (χ1n) is 17.1. The van der Waals surface area contributed by atoms with E-state index in [0.717, 1.165) is 39.9 Å². The van der Waals surface area contributed by atoms with Gasteiger partial charge in [0.05, 0.1) is 31.7 Å². The van der Waals surface area contributed by atoms with Crippen molar-refractivity contribution in [2.24, 2.45) is 0 Å². The maximum Gasteiger partial charge on any atom is 0.416 e. The molecule has 0 spiro atoms. The zero-order valence-corrected chi connectivity index (χ0v) is 29.7. The molecule has 8 nitrogen and oxygen atoms in total. The normalized spacial score (nSPS) is 11.4. The van der Waals surface area contributed by atoms with Crippen LogP contribution < -0.4 is 19.1 Å². The van der Waals surface area contributed by atoms with Gasteiger partial charge in [-0.25, -0.2) is 14.4 Å². The summed E-state index contributed by atoms with van der Waals surface area (Å²) in [6.45, 7) is 3.55. The number of carboxylic acid groups (broad SMARTS) is 1. The lowest BCUT2D eigenvalue weighted by Gasteiger charge is -2.26. The van der Waals surface area contributed by atoms with E-state index in [2.05, 4.69) is 29.9 Å². The molecule has 0 saturated heterocycles. The lowest BCUT2D eigenvalue weighted by molar-refractivity contribution is -0.138. The molecule has 1 heterocycles. The van der Waals surface area contributed by atoms with Crippen LogP contribution in [0.15, 0.2) is 97.3 Å². The van der Waals surface area contributed by atoms with Gasteiger partial charge < -0.3 is 24.2 Å². The summed E-state index contributed by atoms with van der Waals surface area (Å²) in [7, 11) is 1.59. The third kappa shape index (κ3) is 10.7. The molecule has 0 unspecified atom stereocenters. The van der Waals surface area contributed by atoms with Crippen molar-refractivity contribution in [2.75, 3.05) is 18.6 Å². The van der Waals surface area contributed by atoms with E-state index in [1.165, 1.54) is 18.5 Å². The predicted octanol–water partition coefficient (Wildman–Crippen LogP) is 9.79. The van der Waals surface area contributed by atoms with Gasteiger partial charge >= 0.3 is 12.1 Å². The van der Waals surface area contributed by atoms with Gasteiger partial charge in [-0.15, -0.1) is 0 Å². The number of aromatic nitrogens is 2. The Balaban J connectivity index is 1.58. The highest BCUT2D eigenvalue weighted by Gasteiger charge is 2.31. The van der Waals surface area contributed by atoms with Crippen LogP contribution in [0.1, 0.15) is 66.0 Å². The standard InChI is InChI=1S/C41H41F4N3O5/c1-27(2)31-11-14-38(51-3)37(20-31)36-13-12-34(53-26-28-8-5-4-6-9-28)19-32(36)25-48(24-30-16-29(21-42)17-33(18-30)41(43,44)45)40-46-22-35(23-47-40)52-15-7-10-39(49)50/h4-6,8-9,11-14,16-20,22-23,27H,7,10,15,21,24-26H2,1-3H3,(H,49,50). The van der Waals surface area contributed by atoms with Crippen molar-refractivity contribution in [2.45, 2.75) is 65.2 Å². The fourth-order valence-electron chi connectivity index (χ4n) is 5.77. The first-order chi connectivity index (χ1) is 25.4. The highest BCUT2D eigenvalue weighted by molar-refractivity contribution is 5.75. The minimum Gasteiger partial charge on any atom is -0.496 e. The number of halogens is 4.